The van der Waals surface area contributed by atoms with Crippen LogP contribution >= 0.6 is 0 Å². The van der Waals surface area contributed by atoms with Gasteiger partial charge in [-0.15, -0.1) is 0 Å². The van der Waals surface area contributed by atoms with Gasteiger partial charge in [-0.2, -0.15) is 0 Å². The molecule has 1 aliphatic rings. The average molecular weight is 338 g/mol. The fraction of sp³-hybridized carbons (Fsp3) is 0.211. The van der Waals surface area contributed by atoms with Crippen LogP contribution in [0, 0.1) is 0 Å². The molecule has 0 fully saturated rings. The predicted molar refractivity (Wildman–Crippen MR) is 92.3 cm³/mol. The third-order valence-corrected chi connectivity index (χ3v) is 3.95. The Balaban J connectivity index is 1.69. The number of rotatable bonds is 4. The van der Waals surface area contributed by atoms with Crippen LogP contribution in [0.15, 0.2) is 48.5 Å². The summed E-state index contributed by atoms with van der Waals surface area (Å²) in [4.78, 5) is 37.6. The number of carbonyl (C=O) groups excluding carboxylic acids is 3. The number of carbonyl (C=O) groups is 3. The lowest BCUT2D eigenvalue weighted by Crippen LogP contribution is -2.22. The number of amides is 2. The van der Waals surface area contributed by atoms with E-state index < -0.39 is 12.1 Å². The van der Waals surface area contributed by atoms with E-state index in [4.69, 9.17) is 4.74 Å². The molecule has 6 nitrogen and oxygen atoms in total. The van der Waals surface area contributed by atoms with Gasteiger partial charge in [-0.05, 0) is 24.3 Å². The van der Waals surface area contributed by atoms with Crippen molar-refractivity contribution in [3.05, 3.63) is 65.2 Å². The van der Waals surface area contributed by atoms with Crippen molar-refractivity contribution in [3.63, 3.8) is 0 Å². The van der Waals surface area contributed by atoms with E-state index in [0.29, 0.717) is 16.8 Å². The molecule has 1 unspecified atom stereocenters. The molecule has 0 aromatic heterocycles. The van der Waals surface area contributed by atoms with Gasteiger partial charge in [0.1, 0.15) is 6.10 Å². The van der Waals surface area contributed by atoms with Crippen molar-refractivity contribution in [2.75, 3.05) is 19.4 Å². The number of fused-ring (bicyclic) bond motifs is 1. The van der Waals surface area contributed by atoms with Crippen LogP contribution in [0.1, 0.15) is 38.8 Å². The number of hydrogen-bond acceptors (Lipinski definition) is 4. The first kappa shape index (κ1) is 16.7. The standard InChI is InChI=1S/C19H18N2O4/c1-21(2)18(23)12-6-5-7-13(10-12)20-17(22)11-16-14-8-3-4-9-15(14)19(24)25-16/h3-10,16H,11H2,1-2H3,(H,20,22). The summed E-state index contributed by atoms with van der Waals surface area (Å²) in [5.74, 6) is -0.842. The van der Waals surface area contributed by atoms with Gasteiger partial charge >= 0.3 is 5.97 Å². The van der Waals surface area contributed by atoms with Crippen LogP contribution in [0.4, 0.5) is 5.69 Å². The molecule has 6 heteroatoms. The van der Waals surface area contributed by atoms with E-state index in [2.05, 4.69) is 5.32 Å². The van der Waals surface area contributed by atoms with Crippen LogP contribution < -0.4 is 5.32 Å². The van der Waals surface area contributed by atoms with Crippen molar-refractivity contribution in [2.24, 2.45) is 0 Å². The molecule has 1 N–H and O–H groups in total. The SMILES string of the molecule is CN(C)C(=O)c1cccc(NC(=O)CC2OC(=O)c3ccccc32)c1. The maximum atomic E-state index is 12.3. The summed E-state index contributed by atoms with van der Waals surface area (Å²) in [6, 6.07) is 13.8. The number of cyclic esters (lactones) is 1. The number of ether oxygens (including phenoxy) is 1. The smallest absolute Gasteiger partial charge is 0.339 e. The molecule has 0 aliphatic carbocycles. The van der Waals surface area contributed by atoms with Crippen LogP contribution in [-0.4, -0.2) is 36.8 Å². The zero-order valence-electron chi connectivity index (χ0n) is 14.0. The van der Waals surface area contributed by atoms with Crippen molar-refractivity contribution in [1.29, 1.82) is 0 Å². The number of esters is 1. The molecule has 2 amide bonds. The zero-order chi connectivity index (χ0) is 18.0. The van der Waals surface area contributed by atoms with E-state index in [-0.39, 0.29) is 18.2 Å². The minimum Gasteiger partial charge on any atom is -0.453 e. The lowest BCUT2D eigenvalue weighted by atomic mass is 10.0. The Morgan fingerprint density at radius 3 is 2.64 bits per heavy atom. The summed E-state index contributed by atoms with van der Waals surface area (Å²) in [7, 11) is 3.33. The highest BCUT2D eigenvalue weighted by molar-refractivity contribution is 5.98. The number of benzene rings is 2. The van der Waals surface area contributed by atoms with Crippen LogP contribution in [0.25, 0.3) is 0 Å². The summed E-state index contributed by atoms with van der Waals surface area (Å²) in [5.41, 5.74) is 2.23. The number of nitrogens with zero attached hydrogens (tertiary/aromatic N) is 1. The third-order valence-electron chi connectivity index (χ3n) is 3.95. The lowest BCUT2D eigenvalue weighted by Gasteiger charge is -2.13. The van der Waals surface area contributed by atoms with Gasteiger partial charge in [0.2, 0.25) is 5.91 Å². The Morgan fingerprint density at radius 1 is 1.12 bits per heavy atom. The van der Waals surface area contributed by atoms with Gasteiger partial charge in [0.05, 0.1) is 12.0 Å². The second kappa shape index (κ2) is 6.76. The Bertz CT molecular complexity index is 845. The molecular formula is C19H18N2O4. The Kier molecular flexibility index (Phi) is 4.52. The monoisotopic (exact) mass is 338 g/mol. The van der Waals surface area contributed by atoms with E-state index in [1.54, 1.807) is 56.6 Å². The Hall–Kier alpha value is -3.15. The van der Waals surface area contributed by atoms with Crippen molar-refractivity contribution in [3.8, 4) is 0 Å². The zero-order valence-corrected chi connectivity index (χ0v) is 14.0. The molecule has 1 atom stereocenters. The molecule has 2 aromatic carbocycles. The van der Waals surface area contributed by atoms with Crippen LogP contribution in [-0.2, 0) is 9.53 Å². The first-order valence-corrected chi connectivity index (χ1v) is 7.87. The van der Waals surface area contributed by atoms with Gasteiger partial charge in [-0.3, -0.25) is 9.59 Å². The summed E-state index contributed by atoms with van der Waals surface area (Å²) in [6.07, 6.45) is -0.565. The van der Waals surface area contributed by atoms with Gasteiger partial charge in [-0.25, -0.2) is 4.79 Å². The predicted octanol–water partition coefficient (Wildman–Crippen LogP) is 2.63. The molecule has 0 bridgehead atoms. The van der Waals surface area contributed by atoms with Crippen LogP contribution in [0.2, 0.25) is 0 Å². The molecule has 0 saturated heterocycles. The molecule has 0 spiro atoms. The first-order valence-electron chi connectivity index (χ1n) is 7.87. The van der Waals surface area contributed by atoms with Gasteiger partial charge in [0, 0.05) is 30.9 Å². The highest BCUT2D eigenvalue weighted by Gasteiger charge is 2.32. The third kappa shape index (κ3) is 3.52. The molecular weight excluding hydrogens is 320 g/mol. The van der Waals surface area contributed by atoms with E-state index in [0.717, 1.165) is 5.56 Å². The molecule has 1 heterocycles. The van der Waals surface area contributed by atoms with Crippen LogP contribution in [0.5, 0.6) is 0 Å². The van der Waals surface area contributed by atoms with E-state index in [9.17, 15) is 14.4 Å². The molecule has 0 saturated carbocycles. The van der Waals surface area contributed by atoms with Gasteiger partial charge in [-0.1, -0.05) is 24.3 Å². The summed E-state index contributed by atoms with van der Waals surface area (Å²) in [6.45, 7) is 0. The minimum absolute atomic E-state index is 0.0224. The Labute approximate surface area is 145 Å². The second-order valence-corrected chi connectivity index (χ2v) is 6.01. The van der Waals surface area contributed by atoms with Gasteiger partial charge < -0.3 is 15.0 Å². The second-order valence-electron chi connectivity index (χ2n) is 6.01. The van der Waals surface area contributed by atoms with E-state index in [1.165, 1.54) is 4.90 Å². The van der Waals surface area contributed by atoms with Crippen molar-refractivity contribution >= 4 is 23.5 Å². The van der Waals surface area contributed by atoms with Gasteiger partial charge in [0.25, 0.3) is 5.91 Å². The molecule has 128 valence electrons. The van der Waals surface area contributed by atoms with E-state index >= 15 is 0 Å². The van der Waals surface area contributed by atoms with Gasteiger partial charge in [0.15, 0.2) is 0 Å². The minimum atomic E-state index is -0.588. The number of nitrogens with one attached hydrogen (secondary N) is 1. The number of anilines is 1. The van der Waals surface area contributed by atoms with Crippen molar-refractivity contribution < 1.29 is 19.1 Å². The van der Waals surface area contributed by atoms with Crippen molar-refractivity contribution in [2.45, 2.75) is 12.5 Å². The normalized spacial score (nSPS) is 15.3. The lowest BCUT2D eigenvalue weighted by molar-refractivity contribution is -0.118. The quantitative estimate of drug-likeness (QED) is 0.870. The highest BCUT2D eigenvalue weighted by Crippen LogP contribution is 2.32. The summed E-state index contributed by atoms with van der Waals surface area (Å²) in [5, 5.41) is 2.75. The van der Waals surface area contributed by atoms with E-state index in [1.807, 2.05) is 6.07 Å². The molecule has 1 aliphatic heterocycles. The molecule has 0 radical (unpaired) electrons. The first-order chi connectivity index (χ1) is 12.0. The van der Waals surface area contributed by atoms with Crippen molar-refractivity contribution in [1.82, 2.24) is 4.90 Å². The average Bonchev–Trinajstić information content (AvgIpc) is 2.90. The molecule has 2 aromatic rings. The van der Waals surface area contributed by atoms with Crippen LogP contribution in [0.3, 0.4) is 0 Å². The molecule has 25 heavy (non-hydrogen) atoms. The number of hydrogen-bond donors (Lipinski definition) is 1. The highest BCUT2D eigenvalue weighted by atomic mass is 16.5. The summed E-state index contributed by atoms with van der Waals surface area (Å²) < 4.78 is 5.27. The largest absolute Gasteiger partial charge is 0.453 e. The maximum absolute atomic E-state index is 12.3. The fourth-order valence-corrected chi connectivity index (χ4v) is 2.74. The molecule has 3 rings (SSSR count). The fourth-order valence-electron chi connectivity index (χ4n) is 2.74. The summed E-state index contributed by atoms with van der Waals surface area (Å²) >= 11 is 0. The Morgan fingerprint density at radius 2 is 1.88 bits per heavy atom. The maximum Gasteiger partial charge on any atom is 0.339 e. The topological polar surface area (TPSA) is 75.7 Å².